The molecular formula is C28H27ClF3N3O6. The lowest BCUT2D eigenvalue weighted by atomic mass is 10.1. The van der Waals surface area contributed by atoms with E-state index in [4.69, 9.17) is 26.2 Å². The minimum Gasteiger partial charge on any atom is -0.497 e. The minimum absolute atomic E-state index is 0.153. The van der Waals surface area contributed by atoms with Crippen molar-refractivity contribution in [2.75, 3.05) is 48.4 Å². The normalized spacial score (nSPS) is 13.1. The summed E-state index contributed by atoms with van der Waals surface area (Å²) < 4.78 is 36.8. The second-order valence-electron chi connectivity index (χ2n) is 8.93. The zero-order valence-electron chi connectivity index (χ0n) is 22.0. The largest absolute Gasteiger partial charge is 0.497 e. The van der Waals surface area contributed by atoms with Gasteiger partial charge in [-0.05, 0) is 67.1 Å². The maximum Gasteiger partial charge on any atom is 0.490 e. The summed E-state index contributed by atoms with van der Waals surface area (Å²) in [6.45, 7) is 4.89. The summed E-state index contributed by atoms with van der Waals surface area (Å²) >= 11 is 6.18. The Morgan fingerprint density at radius 3 is 1.95 bits per heavy atom. The number of methoxy groups -OCH3 is 1. The number of rotatable bonds is 6. The van der Waals surface area contributed by atoms with E-state index in [0.29, 0.717) is 40.8 Å². The molecule has 218 valence electrons. The highest BCUT2D eigenvalue weighted by Gasteiger charge is 2.38. The first-order valence-corrected chi connectivity index (χ1v) is 12.6. The monoisotopic (exact) mass is 593 g/mol. The van der Waals surface area contributed by atoms with Gasteiger partial charge in [-0.2, -0.15) is 13.2 Å². The van der Waals surface area contributed by atoms with E-state index < -0.39 is 18.1 Å². The van der Waals surface area contributed by atoms with E-state index in [0.717, 1.165) is 24.3 Å². The van der Waals surface area contributed by atoms with Crippen LogP contribution in [-0.4, -0.2) is 67.5 Å². The van der Waals surface area contributed by atoms with Gasteiger partial charge in [0.15, 0.2) is 0 Å². The lowest BCUT2D eigenvalue weighted by molar-refractivity contribution is -0.192. The molecule has 0 radical (unpaired) electrons. The van der Waals surface area contributed by atoms with Crippen LogP contribution in [0.3, 0.4) is 0 Å². The van der Waals surface area contributed by atoms with Crippen LogP contribution in [0.5, 0.6) is 5.75 Å². The molecule has 1 amide bonds. The highest BCUT2D eigenvalue weighted by molar-refractivity contribution is 6.30. The number of aliphatic carboxylic acids is 1. The van der Waals surface area contributed by atoms with Gasteiger partial charge in [-0.3, -0.25) is 4.79 Å². The fraction of sp³-hybridized carbons (Fsp3) is 0.250. The number of carboxylic acids is 2. The Kier molecular flexibility index (Phi) is 10.1. The smallest absolute Gasteiger partial charge is 0.490 e. The third-order valence-electron chi connectivity index (χ3n) is 6.21. The predicted molar refractivity (Wildman–Crippen MR) is 149 cm³/mol. The van der Waals surface area contributed by atoms with Crippen LogP contribution in [0.2, 0.25) is 5.02 Å². The third-order valence-corrected chi connectivity index (χ3v) is 6.45. The predicted octanol–water partition coefficient (Wildman–Crippen LogP) is 5.57. The van der Waals surface area contributed by atoms with Gasteiger partial charge in [0.2, 0.25) is 0 Å². The number of anilines is 3. The van der Waals surface area contributed by atoms with Gasteiger partial charge in [0.25, 0.3) is 5.91 Å². The lowest BCUT2D eigenvalue weighted by Gasteiger charge is -2.38. The number of ether oxygens (including phenoxy) is 1. The topological polar surface area (TPSA) is 119 Å². The number of piperazine rings is 1. The number of nitrogens with zero attached hydrogens (tertiary/aromatic N) is 2. The highest BCUT2D eigenvalue weighted by atomic mass is 35.5. The second kappa shape index (κ2) is 13.3. The molecule has 0 bridgehead atoms. The van der Waals surface area contributed by atoms with Gasteiger partial charge in [-0.25, -0.2) is 9.59 Å². The van der Waals surface area contributed by atoms with Crippen molar-refractivity contribution in [3.63, 3.8) is 0 Å². The number of hydrogen-bond donors (Lipinski definition) is 3. The number of carbonyl (C=O) groups excluding carboxylic acids is 1. The van der Waals surface area contributed by atoms with E-state index in [1.807, 2.05) is 18.2 Å². The maximum absolute atomic E-state index is 12.6. The zero-order valence-corrected chi connectivity index (χ0v) is 22.8. The second-order valence-corrected chi connectivity index (χ2v) is 9.36. The van der Waals surface area contributed by atoms with Crippen molar-refractivity contribution >= 4 is 46.5 Å². The van der Waals surface area contributed by atoms with Crippen molar-refractivity contribution in [3.05, 3.63) is 82.4 Å². The van der Waals surface area contributed by atoms with E-state index in [2.05, 4.69) is 22.0 Å². The van der Waals surface area contributed by atoms with E-state index in [1.54, 1.807) is 43.5 Å². The molecule has 0 unspecified atom stereocenters. The van der Waals surface area contributed by atoms with Gasteiger partial charge >= 0.3 is 18.1 Å². The first-order chi connectivity index (χ1) is 19.3. The molecule has 1 aliphatic rings. The number of hydrogen-bond acceptors (Lipinski definition) is 6. The van der Waals surface area contributed by atoms with E-state index >= 15 is 0 Å². The minimum atomic E-state index is -5.08. The average molecular weight is 594 g/mol. The zero-order chi connectivity index (χ0) is 30.3. The molecule has 0 aliphatic carbocycles. The lowest BCUT2D eigenvalue weighted by Crippen LogP contribution is -2.47. The van der Waals surface area contributed by atoms with Crippen molar-refractivity contribution in [2.45, 2.75) is 13.1 Å². The first-order valence-electron chi connectivity index (χ1n) is 12.2. The summed E-state index contributed by atoms with van der Waals surface area (Å²) in [6.07, 6.45) is -5.08. The Morgan fingerprint density at radius 1 is 0.878 bits per heavy atom. The fourth-order valence-electron chi connectivity index (χ4n) is 4.12. The number of carboxylic acid groups (broad SMARTS) is 2. The maximum atomic E-state index is 12.6. The molecule has 1 aliphatic heterocycles. The van der Waals surface area contributed by atoms with Gasteiger partial charge in [0.05, 0.1) is 18.4 Å². The molecule has 3 aromatic rings. The molecule has 1 saturated heterocycles. The Labute approximate surface area is 238 Å². The van der Waals surface area contributed by atoms with Crippen LogP contribution in [0.4, 0.5) is 30.2 Å². The Hall–Kier alpha value is -4.45. The van der Waals surface area contributed by atoms with Crippen molar-refractivity contribution < 1.29 is 42.5 Å². The van der Waals surface area contributed by atoms with Gasteiger partial charge in [-0.15, -0.1) is 0 Å². The summed E-state index contributed by atoms with van der Waals surface area (Å²) in [7, 11) is 1.56. The van der Waals surface area contributed by atoms with Crippen LogP contribution in [0.25, 0.3) is 0 Å². The standard InChI is InChI=1S/C26H26ClN3O4.C2HF3O2/c1-17-3-6-19(27)15-24(17)30-13-11-29(12-14-30)23-10-7-20(16-22(23)26(32)33)28-25(31)18-4-8-21(34-2)9-5-18;3-2(4,5)1(6)7/h3-10,15-16H,11-14H2,1-2H3,(H,28,31)(H,32,33);(H,6,7). The van der Waals surface area contributed by atoms with Crippen LogP contribution in [-0.2, 0) is 4.79 Å². The highest BCUT2D eigenvalue weighted by Crippen LogP contribution is 2.29. The first kappa shape index (κ1) is 31.1. The van der Waals surface area contributed by atoms with Crippen LogP contribution in [0.15, 0.2) is 60.7 Å². The van der Waals surface area contributed by atoms with Crippen molar-refractivity contribution in [1.82, 2.24) is 0 Å². The van der Waals surface area contributed by atoms with Crippen molar-refractivity contribution in [3.8, 4) is 5.75 Å². The number of nitrogens with one attached hydrogen (secondary N) is 1. The number of halogens is 4. The van der Waals surface area contributed by atoms with Gasteiger partial charge in [-0.1, -0.05) is 17.7 Å². The van der Waals surface area contributed by atoms with Crippen LogP contribution in [0, 0.1) is 6.92 Å². The molecule has 0 aromatic heterocycles. The summed E-state index contributed by atoms with van der Waals surface area (Å²) in [6, 6.07) is 17.6. The Bertz CT molecular complexity index is 1410. The molecule has 3 N–H and O–H groups in total. The molecule has 0 spiro atoms. The van der Waals surface area contributed by atoms with Crippen LogP contribution in [0.1, 0.15) is 26.3 Å². The van der Waals surface area contributed by atoms with Gasteiger partial charge < -0.3 is 30.1 Å². The summed E-state index contributed by atoms with van der Waals surface area (Å²) in [4.78, 5) is 37.8. The molecule has 1 fully saturated rings. The van der Waals surface area contributed by atoms with Gasteiger partial charge in [0.1, 0.15) is 5.75 Å². The third kappa shape index (κ3) is 8.27. The number of aryl methyl sites for hydroxylation is 1. The number of alkyl halides is 3. The van der Waals surface area contributed by atoms with Crippen LogP contribution >= 0.6 is 11.6 Å². The fourth-order valence-corrected chi connectivity index (χ4v) is 4.28. The number of aromatic carboxylic acids is 1. The molecule has 9 nitrogen and oxygen atoms in total. The number of benzene rings is 3. The Morgan fingerprint density at radius 2 is 1.44 bits per heavy atom. The summed E-state index contributed by atoms with van der Waals surface area (Å²) in [5.41, 5.74) is 3.92. The molecule has 3 aromatic carbocycles. The van der Waals surface area contributed by atoms with Crippen molar-refractivity contribution in [1.29, 1.82) is 0 Å². The number of amides is 1. The quantitative estimate of drug-likeness (QED) is 0.340. The van der Waals surface area contributed by atoms with Crippen LogP contribution < -0.4 is 19.9 Å². The molecule has 13 heteroatoms. The van der Waals surface area contributed by atoms with E-state index in [-0.39, 0.29) is 11.5 Å². The summed E-state index contributed by atoms with van der Waals surface area (Å²) in [5.74, 6) is -3.46. The van der Waals surface area contributed by atoms with Gasteiger partial charge in [0, 0.05) is 48.1 Å². The Balaban J connectivity index is 0.000000587. The molecule has 4 rings (SSSR count). The number of carbonyl (C=O) groups is 3. The van der Waals surface area contributed by atoms with E-state index in [9.17, 15) is 27.9 Å². The molecule has 0 saturated carbocycles. The molecule has 41 heavy (non-hydrogen) atoms. The van der Waals surface area contributed by atoms with Crippen molar-refractivity contribution in [2.24, 2.45) is 0 Å². The molecular weight excluding hydrogens is 567 g/mol. The molecule has 0 atom stereocenters. The SMILES string of the molecule is COc1ccc(C(=O)Nc2ccc(N3CCN(c4cc(Cl)ccc4C)CC3)c(C(=O)O)c2)cc1.O=C(O)C(F)(F)F. The average Bonchev–Trinajstić information content (AvgIpc) is 2.94. The summed E-state index contributed by atoms with van der Waals surface area (Å²) in [5, 5.41) is 20.4. The molecule has 1 heterocycles. The van der Waals surface area contributed by atoms with E-state index in [1.165, 1.54) is 6.07 Å².